The largest absolute Gasteiger partial charge is 0.481 e. The lowest BCUT2D eigenvalue weighted by molar-refractivity contribution is -0.149. The maximum absolute atomic E-state index is 11.6. The van der Waals surface area contributed by atoms with E-state index in [9.17, 15) is 14.4 Å². The van der Waals surface area contributed by atoms with Gasteiger partial charge in [0, 0.05) is 12.5 Å². The molecule has 1 atom stereocenters. The van der Waals surface area contributed by atoms with Gasteiger partial charge in [0.05, 0.1) is 5.41 Å². The van der Waals surface area contributed by atoms with E-state index in [-0.39, 0.29) is 18.4 Å². The summed E-state index contributed by atoms with van der Waals surface area (Å²) in [6.45, 7) is 4.54. The first-order valence-corrected chi connectivity index (χ1v) is 6.05. The first-order valence-electron chi connectivity index (χ1n) is 6.05. The molecule has 2 amide bonds. The Morgan fingerprint density at radius 3 is 2.33 bits per heavy atom. The molecule has 0 aliphatic heterocycles. The Hall–Kier alpha value is -1.59. The van der Waals surface area contributed by atoms with Crippen molar-refractivity contribution in [2.75, 3.05) is 0 Å². The van der Waals surface area contributed by atoms with E-state index in [2.05, 4.69) is 10.6 Å². The minimum absolute atomic E-state index is 0.149. The molecule has 0 saturated heterocycles. The van der Waals surface area contributed by atoms with E-state index >= 15 is 0 Å². The molecule has 1 aliphatic rings. The predicted octanol–water partition coefficient (Wildman–Crippen LogP) is 0.271. The standard InChI is InChI=1S/C12H20N2O4/c1-7(10(16)14-8-4-5-8)13-9(15)6-12(2,3)11(17)18/h7-8H,4-6H2,1-3H3,(H,13,15)(H,14,16)(H,17,18). The van der Waals surface area contributed by atoms with Crippen molar-refractivity contribution in [2.24, 2.45) is 5.41 Å². The lowest BCUT2D eigenvalue weighted by Gasteiger charge is -2.20. The highest BCUT2D eigenvalue weighted by molar-refractivity contribution is 5.89. The fourth-order valence-electron chi connectivity index (χ4n) is 1.39. The molecule has 1 saturated carbocycles. The van der Waals surface area contributed by atoms with Gasteiger partial charge in [0.25, 0.3) is 0 Å². The van der Waals surface area contributed by atoms with Crippen LogP contribution in [0.4, 0.5) is 0 Å². The summed E-state index contributed by atoms with van der Waals surface area (Å²) in [5.41, 5.74) is -1.13. The van der Waals surface area contributed by atoms with E-state index < -0.39 is 23.3 Å². The van der Waals surface area contributed by atoms with Gasteiger partial charge in [-0.05, 0) is 33.6 Å². The SMILES string of the molecule is CC(NC(=O)CC(C)(C)C(=O)O)C(=O)NC1CC1. The van der Waals surface area contributed by atoms with Crippen molar-refractivity contribution in [1.29, 1.82) is 0 Å². The zero-order valence-corrected chi connectivity index (χ0v) is 10.9. The summed E-state index contributed by atoms with van der Waals surface area (Å²) in [6, 6.07) is -0.394. The number of carboxylic acid groups (broad SMARTS) is 1. The van der Waals surface area contributed by atoms with Crippen LogP contribution in [-0.2, 0) is 14.4 Å². The summed E-state index contributed by atoms with van der Waals surface area (Å²) < 4.78 is 0. The maximum Gasteiger partial charge on any atom is 0.309 e. The van der Waals surface area contributed by atoms with Gasteiger partial charge in [-0.3, -0.25) is 14.4 Å². The Bertz CT molecular complexity index is 361. The predicted molar refractivity (Wildman–Crippen MR) is 64.8 cm³/mol. The van der Waals surface area contributed by atoms with Gasteiger partial charge in [0.2, 0.25) is 11.8 Å². The van der Waals surface area contributed by atoms with E-state index in [0.29, 0.717) is 0 Å². The highest BCUT2D eigenvalue weighted by atomic mass is 16.4. The van der Waals surface area contributed by atoms with Gasteiger partial charge in [-0.1, -0.05) is 0 Å². The van der Waals surface area contributed by atoms with Crippen LogP contribution >= 0.6 is 0 Å². The number of aliphatic carboxylic acids is 1. The molecule has 0 heterocycles. The van der Waals surface area contributed by atoms with Crippen LogP contribution in [0.5, 0.6) is 0 Å². The third kappa shape index (κ3) is 4.35. The second-order valence-corrected chi connectivity index (χ2v) is 5.44. The van der Waals surface area contributed by atoms with Crippen molar-refractivity contribution in [1.82, 2.24) is 10.6 Å². The number of hydrogen-bond acceptors (Lipinski definition) is 3. The molecule has 1 unspecified atom stereocenters. The zero-order valence-electron chi connectivity index (χ0n) is 10.9. The zero-order chi connectivity index (χ0) is 13.9. The highest BCUT2D eigenvalue weighted by Crippen LogP contribution is 2.20. The first-order chi connectivity index (χ1) is 8.22. The second kappa shape index (κ2) is 5.37. The van der Waals surface area contributed by atoms with E-state index in [1.165, 1.54) is 13.8 Å². The summed E-state index contributed by atoms with van der Waals surface area (Å²) in [5.74, 6) is -1.69. The Kier molecular flexibility index (Phi) is 4.32. The molecule has 0 bridgehead atoms. The third-order valence-corrected chi connectivity index (χ3v) is 2.88. The van der Waals surface area contributed by atoms with E-state index in [1.54, 1.807) is 6.92 Å². The van der Waals surface area contributed by atoms with Crippen molar-refractivity contribution in [3.05, 3.63) is 0 Å². The number of nitrogens with one attached hydrogen (secondary N) is 2. The number of rotatable bonds is 6. The molecular formula is C12H20N2O4. The molecular weight excluding hydrogens is 236 g/mol. The number of hydrogen-bond donors (Lipinski definition) is 3. The van der Waals surface area contributed by atoms with Crippen LogP contribution in [0.15, 0.2) is 0 Å². The van der Waals surface area contributed by atoms with Gasteiger partial charge in [-0.15, -0.1) is 0 Å². The molecule has 0 aromatic carbocycles. The lowest BCUT2D eigenvalue weighted by atomic mass is 9.89. The van der Waals surface area contributed by atoms with Crippen LogP contribution in [0.2, 0.25) is 0 Å². The minimum Gasteiger partial charge on any atom is -0.481 e. The second-order valence-electron chi connectivity index (χ2n) is 5.44. The maximum atomic E-state index is 11.6. The van der Waals surface area contributed by atoms with Crippen LogP contribution in [0.25, 0.3) is 0 Å². The average Bonchev–Trinajstić information content (AvgIpc) is 2.99. The van der Waals surface area contributed by atoms with Gasteiger partial charge in [0.1, 0.15) is 6.04 Å². The van der Waals surface area contributed by atoms with Crippen molar-refractivity contribution >= 4 is 17.8 Å². The number of carbonyl (C=O) groups is 3. The fraction of sp³-hybridized carbons (Fsp3) is 0.750. The minimum atomic E-state index is -1.13. The van der Waals surface area contributed by atoms with Crippen LogP contribution in [0, 0.1) is 5.41 Å². The van der Waals surface area contributed by atoms with E-state index in [0.717, 1.165) is 12.8 Å². The summed E-state index contributed by atoms with van der Waals surface area (Å²) in [4.78, 5) is 34.1. The van der Waals surface area contributed by atoms with Gasteiger partial charge in [0.15, 0.2) is 0 Å². The van der Waals surface area contributed by atoms with Crippen LogP contribution in [0.1, 0.15) is 40.0 Å². The average molecular weight is 256 g/mol. The Morgan fingerprint density at radius 1 is 1.33 bits per heavy atom. The highest BCUT2D eigenvalue weighted by Gasteiger charge is 2.31. The molecule has 0 aromatic heterocycles. The molecule has 18 heavy (non-hydrogen) atoms. The van der Waals surface area contributed by atoms with Crippen molar-refractivity contribution in [3.8, 4) is 0 Å². The van der Waals surface area contributed by atoms with Crippen LogP contribution in [-0.4, -0.2) is 35.0 Å². The first kappa shape index (κ1) is 14.5. The number of carbonyl (C=O) groups excluding carboxylic acids is 2. The van der Waals surface area contributed by atoms with Crippen molar-refractivity contribution in [2.45, 2.75) is 52.1 Å². The number of amides is 2. The third-order valence-electron chi connectivity index (χ3n) is 2.88. The summed E-state index contributed by atoms with van der Waals surface area (Å²) in [6.07, 6.45) is 1.82. The molecule has 102 valence electrons. The molecule has 6 heteroatoms. The van der Waals surface area contributed by atoms with Gasteiger partial charge in [-0.25, -0.2) is 0 Å². The molecule has 1 fully saturated rings. The molecule has 0 spiro atoms. The van der Waals surface area contributed by atoms with Crippen molar-refractivity contribution < 1.29 is 19.5 Å². The fourth-order valence-corrected chi connectivity index (χ4v) is 1.39. The molecule has 0 radical (unpaired) electrons. The van der Waals surface area contributed by atoms with Crippen LogP contribution < -0.4 is 10.6 Å². The molecule has 0 aromatic rings. The van der Waals surface area contributed by atoms with Gasteiger partial charge in [-0.2, -0.15) is 0 Å². The van der Waals surface area contributed by atoms with Crippen molar-refractivity contribution in [3.63, 3.8) is 0 Å². The Labute approximate surface area is 106 Å². The monoisotopic (exact) mass is 256 g/mol. The van der Waals surface area contributed by atoms with Crippen LogP contribution in [0.3, 0.4) is 0 Å². The topological polar surface area (TPSA) is 95.5 Å². The van der Waals surface area contributed by atoms with E-state index in [1.807, 2.05) is 0 Å². The summed E-state index contributed by atoms with van der Waals surface area (Å²) in [7, 11) is 0. The molecule has 1 rings (SSSR count). The summed E-state index contributed by atoms with van der Waals surface area (Å²) >= 11 is 0. The summed E-state index contributed by atoms with van der Waals surface area (Å²) in [5, 5.41) is 14.2. The molecule has 6 nitrogen and oxygen atoms in total. The lowest BCUT2D eigenvalue weighted by Crippen LogP contribution is -2.46. The van der Waals surface area contributed by atoms with Gasteiger partial charge >= 0.3 is 5.97 Å². The van der Waals surface area contributed by atoms with E-state index in [4.69, 9.17) is 5.11 Å². The molecule has 1 aliphatic carbocycles. The smallest absolute Gasteiger partial charge is 0.309 e. The number of carboxylic acids is 1. The van der Waals surface area contributed by atoms with Gasteiger partial charge < -0.3 is 15.7 Å². The quantitative estimate of drug-likeness (QED) is 0.635. The normalized spacial score (nSPS) is 16.8. The Morgan fingerprint density at radius 2 is 1.89 bits per heavy atom. The Balaban J connectivity index is 2.38. The molecule has 3 N–H and O–H groups in total.